The van der Waals surface area contributed by atoms with Crippen molar-refractivity contribution in [1.82, 2.24) is 5.32 Å². The smallest absolute Gasteiger partial charge is 0.148 e. The number of sulfone groups is 1. The lowest BCUT2D eigenvalue weighted by Crippen LogP contribution is -2.30. The summed E-state index contributed by atoms with van der Waals surface area (Å²) in [7, 11) is -2.88. The van der Waals surface area contributed by atoms with E-state index in [1.807, 2.05) is 20.8 Å². The van der Waals surface area contributed by atoms with Crippen LogP contribution in [0.4, 0.5) is 0 Å². The van der Waals surface area contributed by atoms with Crippen LogP contribution < -0.4 is 5.32 Å². The van der Waals surface area contributed by atoms with Gasteiger partial charge in [0.05, 0.1) is 11.5 Å². The molecule has 0 aromatic rings. The molecule has 1 N–H and O–H groups in total. The number of hydrogen-bond donors (Lipinski definition) is 1. The van der Waals surface area contributed by atoms with Crippen molar-refractivity contribution in [3.63, 3.8) is 0 Å². The maximum absolute atomic E-state index is 10.8. The number of nitrogens with zero attached hydrogens (tertiary/aromatic N) is 1. The molecule has 0 aliphatic heterocycles. The van der Waals surface area contributed by atoms with Gasteiger partial charge in [-0.15, -0.1) is 0 Å². The molecule has 0 aromatic carbocycles. The van der Waals surface area contributed by atoms with Gasteiger partial charge in [-0.05, 0) is 20.8 Å². The summed E-state index contributed by atoms with van der Waals surface area (Å²) in [6.07, 6.45) is 1.17. The topological polar surface area (TPSA) is 67.8 Å². The molecule has 0 fully saturated rings. The molecule has 0 amide bonds. The fourth-order valence-corrected chi connectivity index (χ4v) is 1.31. The fraction of sp³-hybridized carbons (Fsp3) is 0.889. The second kappa shape index (κ2) is 6.79. The zero-order valence-corrected chi connectivity index (χ0v) is 10.6. The Labute approximate surface area is 91.8 Å². The molecule has 0 saturated heterocycles. The van der Waals surface area contributed by atoms with E-state index in [-0.39, 0.29) is 11.9 Å². The first-order valence-corrected chi connectivity index (χ1v) is 6.93. The first-order chi connectivity index (χ1) is 6.81. The second-order valence-corrected chi connectivity index (χ2v) is 6.05. The van der Waals surface area contributed by atoms with E-state index in [1.165, 1.54) is 6.26 Å². The molecular formula is C9H20N2O3S. The maximum atomic E-state index is 10.8. The minimum absolute atomic E-state index is 0.0561. The van der Waals surface area contributed by atoms with Crippen LogP contribution in [-0.4, -0.2) is 45.3 Å². The molecule has 15 heavy (non-hydrogen) atoms. The van der Waals surface area contributed by atoms with Crippen LogP contribution in [0.25, 0.3) is 0 Å². The first-order valence-electron chi connectivity index (χ1n) is 4.86. The van der Waals surface area contributed by atoms with Gasteiger partial charge in [-0.25, -0.2) is 8.42 Å². The Bertz CT molecular complexity index is 294. The minimum Gasteiger partial charge on any atom is -0.392 e. The summed E-state index contributed by atoms with van der Waals surface area (Å²) in [5.74, 6) is 0.149. The molecular weight excluding hydrogens is 216 g/mol. The molecule has 0 bridgehead atoms. The van der Waals surface area contributed by atoms with Gasteiger partial charge in [-0.2, -0.15) is 0 Å². The molecule has 0 radical (unpaired) electrons. The van der Waals surface area contributed by atoms with E-state index in [2.05, 4.69) is 10.5 Å². The Morgan fingerprint density at radius 1 is 1.47 bits per heavy atom. The molecule has 0 rings (SSSR count). The highest BCUT2D eigenvalue weighted by Gasteiger charge is 2.04. The van der Waals surface area contributed by atoms with Crippen molar-refractivity contribution in [3.8, 4) is 0 Å². The third-order valence-electron chi connectivity index (χ3n) is 1.50. The minimum atomic E-state index is -2.88. The molecule has 0 spiro atoms. The summed E-state index contributed by atoms with van der Waals surface area (Å²) in [5.41, 5.74) is 0.859. The summed E-state index contributed by atoms with van der Waals surface area (Å²) in [5, 5.41) is 6.80. The predicted octanol–water partition coefficient (Wildman–Crippen LogP) is 0.422. The van der Waals surface area contributed by atoms with Crippen molar-refractivity contribution < 1.29 is 13.3 Å². The number of rotatable bonds is 7. The maximum Gasteiger partial charge on any atom is 0.148 e. The molecule has 6 heteroatoms. The lowest BCUT2D eigenvalue weighted by molar-refractivity contribution is 0.0724. The van der Waals surface area contributed by atoms with Crippen LogP contribution in [-0.2, 0) is 14.7 Å². The molecule has 1 unspecified atom stereocenters. The van der Waals surface area contributed by atoms with E-state index in [1.54, 1.807) is 0 Å². The molecule has 0 aromatic heterocycles. The van der Waals surface area contributed by atoms with Gasteiger partial charge in [0.2, 0.25) is 0 Å². The Morgan fingerprint density at radius 3 is 2.53 bits per heavy atom. The zero-order valence-electron chi connectivity index (χ0n) is 9.78. The summed E-state index contributed by atoms with van der Waals surface area (Å²) < 4.78 is 21.6. The highest BCUT2D eigenvalue weighted by Crippen LogP contribution is 1.90. The van der Waals surface area contributed by atoms with Crippen molar-refractivity contribution in [1.29, 1.82) is 0 Å². The SMILES string of the molecule is CC(C)=NOC(C)CNCCS(C)(=O)=O. The Hall–Kier alpha value is -0.620. The standard InChI is InChI=1S/C9H20N2O3S/c1-8(2)11-14-9(3)7-10-5-6-15(4,12)13/h9-10H,5-7H2,1-4H3. The van der Waals surface area contributed by atoms with E-state index in [0.29, 0.717) is 13.1 Å². The summed E-state index contributed by atoms with van der Waals surface area (Å²) in [6, 6.07) is 0. The molecule has 0 heterocycles. The van der Waals surface area contributed by atoms with Crippen LogP contribution >= 0.6 is 0 Å². The van der Waals surface area contributed by atoms with E-state index in [4.69, 9.17) is 4.84 Å². The van der Waals surface area contributed by atoms with Crippen molar-refractivity contribution in [2.75, 3.05) is 25.1 Å². The van der Waals surface area contributed by atoms with Gasteiger partial charge in [0.1, 0.15) is 15.9 Å². The lowest BCUT2D eigenvalue weighted by atomic mass is 10.4. The fourth-order valence-electron chi connectivity index (χ4n) is 0.796. The Balaban J connectivity index is 3.56. The lowest BCUT2D eigenvalue weighted by Gasteiger charge is -2.10. The summed E-state index contributed by atoms with van der Waals surface area (Å²) in [6.45, 7) is 6.61. The third-order valence-corrected chi connectivity index (χ3v) is 2.44. The normalized spacial score (nSPS) is 13.3. The van der Waals surface area contributed by atoms with Gasteiger partial charge in [0.25, 0.3) is 0 Å². The van der Waals surface area contributed by atoms with Crippen molar-refractivity contribution in [3.05, 3.63) is 0 Å². The van der Waals surface area contributed by atoms with Crippen LogP contribution in [0.2, 0.25) is 0 Å². The molecule has 0 aliphatic rings. The molecule has 0 saturated carbocycles. The second-order valence-electron chi connectivity index (χ2n) is 3.79. The predicted molar refractivity (Wildman–Crippen MR) is 61.9 cm³/mol. The van der Waals surface area contributed by atoms with Crippen LogP contribution in [0.15, 0.2) is 5.16 Å². The van der Waals surface area contributed by atoms with Crippen molar-refractivity contribution >= 4 is 15.5 Å². The largest absolute Gasteiger partial charge is 0.392 e. The zero-order chi connectivity index (χ0) is 11.9. The molecule has 1 atom stereocenters. The van der Waals surface area contributed by atoms with Crippen LogP contribution in [0.5, 0.6) is 0 Å². The molecule has 5 nitrogen and oxygen atoms in total. The Kier molecular flexibility index (Phi) is 6.51. The summed E-state index contributed by atoms with van der Waals surface area (Å²) in [4.78, 5) is 5.11. The van der Waals surface area contributed by atoms with Gasteiger partial charge >= 0.3 is 0 Å². The van der Waals surface area contributed by atoms with Crippen molar-refractivity contribution in [2.45, 2.75) is 26.9 Å². The number of oxime groups is 1. The molecule has 90 valence electrons. The van der Waals surface area contributed by atoms with E-state index in [0.717, 1.165) is 5.71 Å². The number of hydrogen-bond acceptors (Lipinski definition) is 5. The van der Waals surface area contributed by atoms with E-state index < -0.39 is 9.84 Å². The van der Waals surface area contributed by atoms with Crippen LogP contribution in [0.1, 0.15) is 20.8 Å². The van der Waals surface area contributed by atoms with Gasteiger partial charge in [-0.3, -0.25) is 0 Å². The highest BCUT2D eigenvalue weighted by atomic mass is 32.2. The van der Waals surface area contributed by atoms with Gasteiger partial charge in [0.15, 0.2) is 0 Å². The van der Waals surface area contributed by atoms with Crippen molar-refractivity contribution in [2.24, 2.45) is 5.16 Å². The first kappa shape index (κ1) is 14.4. The van der Waals surface area contributed by atoms with E-state index >= 15 is 0 Å². The van der Waals surface area contributed by atoms with Crippen LogP contribution in [0, 0.1) is 0 Å². The van der Waals surface area contributed by atoms with E-state index in [9.17, 15) is 8.42 Å². The van der Waals surface area contributed by atoms with Gasteiger partial charge in [-0.1, -0.05) is 5.16 Å². The summed E-state index contributed by atoms with van der Waals surface area (Å²) >= 11 is 0. The highest BCUT2D eigenvalue weighted by molar-refractivity contribution is 7.90. The van der Waals surface area contributed by atoms with Crippen LogP contribution in [0.3, 0.4) is 0 Å². The Morgan fingerprint density at radius 2 is 2.07 bits per heavy atom. The average molecular weight is 236 g/mol. The average Bonchev–Trinajstić information content (AvgIpc) is 2.07. The third kappa shape index (κ3) is 11.3. The number of nitrogens with one attached hydrogen (secondary N) is 1. The van der Waals surface area contributed by atoms with Gasteiger partial charge in [0, 0.05) is 19.3 Å². The van der Waals surface area contributed by atoms with Gasteiger partial charge < -0.3 is 10.2 Å². The quantitative estimate of drug-likeness (QED) is 0.395. The molecule has 0 aliphatic carbocycles. The monoisotopic (exact) mass is 236 g/mol.